The zero-order chi connectivity index (χ0) is 12.3. The Morgan fingerprint density at radius 3 is 2.19 bits per heavy atom. The molecule has 0 aliphatic rings. The van der Waals surface area contributed by atoms with Crippen LogP contribution in [0.25, 0.3) is 0 Å². The van der Waals surface area contributed by atoms with Gasteiger partial charge >= 0.3 is 6.03 Å². The van der Waals surface area contributed by atoms with Gasteiger partial charge in [-0.3, -0.25) is 4.90 Å². The number of amides is 2. The molecule has 4 heteroatoms. The quantitative estimate of drug-likeness (QED) is 0.766. The van der Waals surface area contributed by atoms with Crippen LogP contribution in [0.5, 0.6) is 5.75 Å². The topological polar surface area (TPSA) is 52.6 Å². The van der Waals surface area contributed by atoms with Crippen molar-refractivity contribution in [3.63, 3.8) is 0 Å². The summed E-state index contributed by atoms with van der Waals surface area (Å²) in [6.45, 7) is 5.78. The first-order valence-corrected chi connectivity index (χ1v) is 5.14. The SMILES string of the molecule is CN(C(=O)NC(C)(C)C)c1ccc(O)cc1. The Morgan fingerprint density at radius 1 is 1.25 bits per heavy atom. The van der Waals surface area contributed by atoms with Crippen LogP contribution in [0.4, 0.5) is 10.5 Å². The summed E-state index contributed by atoms with van der Waals surface area (Å²) in [4.78, 5) is 13.3. The van der Waals surface area contributed by atoms with Crippen LogP contribution in [0.1, 0.15) is 20.8 Å². The highest BCUT2D eigenvalue weighted by molar-refractivity contribution is 5.91. The van der Waals surface area contributed by atoms with Crippen LogP contribution >= 0.6 is 0 Å². The number of carbonyl (C=O) groups is 1. The van der Waals surface area contributed by atoms with Crippen molar-refractivity contribution in [2.75, 3.05) is 11.9 Å². The summed E-state index contributed by atoms with van der Waals surface area (Å²) in [5.41, 5.74) is 0.474. The minimum absolute atomic E-state index is 0.168. The fourth-order valence-electron chi connectivity index (χ4n) is 1.20. The standard InChI is InChI=1S/C12H18N2O2/c1-12(2,3)13-11(16)14(4)9-5-7-10(15)8-6-9/h5-8,15H,1-4H3,(H,13,16). The fraction of sp³-hybridized carbons (Fsp3) is 0.417. The maximum atomic E-state index is 11.8. The molecule has 16 heavy (non-hydrogen) atoms. The lowest BCUT2D eigenvalue weighted by Crippen LogP contribution is -2.47. The third-order valence-electron chi connectivity index (χ3n) is 2.02. The summed E-state index contributed by atoms with van der Waals surface area (Å²) in [5.74, 6) is 0.188. The average molecular weight is 222 g/mol. The van der Waals surface area contributed by atoms with Gasteiger partial charge in [-0.2, -0.15) is 0 Å². The van der Waals surface area contributed by atoms with Crippen LogP contribution < -0.4 is 10.2 Å². The highest BCUT2D eigenvalue weighted by Crippen LogP contribution is 2.17. The Bertz CT molecular complexity index is 366. The number of phenols is 1. The molecule has 1 rings (SSSR count). The van der Waals surface area contributed by atoms with Crippen molar-refractivity contribution in [1.82, 2.24) is 5.32 Å². The first-order chi connectivity index (χ1) is 7.29. The number of nitrogens with zero attached hydrogens (tertiary/aromatic N) is 1. The van der Waals surface area contributed by atoms with E-state index in [4.69, 9.17) is 5.11 Å². The van der Waals surface area contributed by atoms with Crippen molar-refractivity contribution in [2.45, 2.75) is 26.3 Å². The van der Waals surface area contributed by atoms with Crippen LogP contribution in [-0.2, 0) is 0 Å². The number of carbonyl (C=O) groups excluding carboxylic acids is 1. The Labute approximate surface area is 95.9 Å². The van der Waals surface area contributed by atoms with E-state index in [9.17, 15) is 4.79 Å². The van der Waals surface area contributed by atoms with E-state index in [2.05, 4.69) is 5.32 Å². The van der Waals surface area contributed by atoms with Crippen LogP contribution in [0.2, 0.25) is 0 Å². The molecule has 0 fully saturated rings. The van der Waals surface area contributed by atoms with Gasteiger partial charge < -0.3 is 10.4 Å². The summed E-state index contributed by atoms with van der Waals surface area (Å²) in [7, 11) is 1.69. The van der Waals surface area contributed by atoms with E-state index in [0.717, 1.165) is 5.69 Å². The predicted octanol–water partition coefficient (Wildman–Crippen LogP) is 2.34. The molecule has 0 aromatic heterocycles. The van der Waals surface area contributed by atoms with Gasteiger partial charge in [-0.15, -0.1) is 0 Å². The largest absolute Gasteiger partial charge is 0.508 e. The lowest BCUT2D eigenvalue weighted by Gasteiger charge is -2.25. The lowest BCUT2D eigenvalue weighted by atomic mass is 10.1. The molecule has 0 bridgehead atoms. The normalized spacial score (nSPS) is 11.0. The van der Waals surface area contributed by atoms with E-state index < -0.39 is 0 Å². The van der Waals surface area contributed by atoms with Crippen molar-refractivity contribution in [3.8, 4) is 5.75 Å². The summed E-state index contributed by atoms with van der Waals surface area (Å²) >= 11 is 0. The number of benzene rings is 1. The number of aromatic hydroxyl groups is 1. The minimum atomic E-state index is -0.262. The number of phenolic OH excluding ortho intramolecular Hbond substituents is 1. The van der Waals surface area contributed by atoms with Crippen molar-refractivity contribution < 1.29 is 9.90 Å². The maximum Gasteiger partial charge on any atom is 0.322 e. The fourth-order valence-corrected chi connectivity index (χ4v) is 1.20. The molecule has 0 aliphatic heterocycles. The second kappa shape index (κ2) is 4.43. The molecular formula is C12H18N2O2. The molecule has 0 saturated carbocycles. The second-order valence-electron chi connectivity index (χ2n) is 4.76. The van der Waals surface area contributed by atoms with Gasteiger partial charge in [0.2, 0.25) is 0 Å². The van der Waals surface area contributed by atoms with E-state index in [1.807, 2.05) is 20.8 Å². The van der Waals surface area contributed by atoms with Gasteiger partial charge in [-0.1, -0.05) is 0 Å². The molecule has 0 unspecified atom stereocenters. The molecule has 0 atom stereocenters. The molecule has 0 heterocycles. The Morgan fingerprint density at radius 2 is 1.75 bits per heavy atom. The molecular weight excluding hydrogens is 204 g/mol. The summed E-state index contributed by atoms with van der Waals surface area (Å²) in [5, 5.41) is 12.0. The second-order valence-corrected chi connectivity index (χ2v) is 4.76. The van der Waals surface area contributed by atoms with Crippen molar-refractivity contribution in [3.05, 3.63) is 24.3 Å². The summed E-state index contributed by atoms with van der Waals surface area (Å²) in [6.07, 6.45) is 0. The molecule has 2 amide bonds. The van der Waals surface area contributed by atoms with Crippen LogP contribution in [-0.4, -0.2) is 23.7 Å². The highest BCUT2D eigenvalue weighted by Gasteiger charge is 2.17. The van der Waals surface area contributed by atoms with E-state index in [1.54, 1.807) is 31.3 Å². The maximum absolute atomic E-state index is 11.8. The molecule has 0 spiro atoms. The van der Waals surface area contributed by atoms with Gasteiger partial charge in [0.05, 0.1) is 0 Å². The van der Waals surface area contributed by atoms with Crippen molar-refractivity contribution >= 4 is 11.7 Å². The van der Waals surface area contributed by atoms with E-state index in [0.29, 0.717) is 0 Å². The third kappa shape index (κ3) is 3.46. The molecule has 0 radical (unpaired) electrons. The number of hydrogen-bond donors (Lipinski definition) is 2. The number of anilines is 1. The van der Waals surface area contributed by atoms with Gasteiger partial charge in [0, 0.05) is 18.3 Å². The molecule has 0 saturated heterocycles. The third-order valence-corrected chi connectivity index (χ3v) is 2.02. The summed E-state index contributed by atoms with van der Waals surface area (Å²) in [6, 6.07) is 6.32. The number of rotatable bonds is 1. The summed E-state index contributed by atoms with van der Waals surface area (Å²) < 4.78 is 0. The van der Waals surface area contributed by atoms with Gasteiger partial charge in [0.25, 0.3) is 0 Å². The predicted molar refractivity (Wildman–Crippen MR) is 64.8 cm³/mol. The Kier molecular flexibility index (Phi) is 3.42. The van der Waals surface area contributed by atoms with Gasteiger partial charge in [-0.25, -0.2) is 4.79 Å². The number of urea groups is 1. The minimum Gasteiger partial charge on any atom is -0.508 e. The van der Waals surface area contributed by atoms with Gasteiger partial charge in [0.15, 0.2) is 0 Å². The Hall–Kier alpha value is -1.71. The Balaban J connectivity index is 2.74. The van der Waals surface area contributed by atoms with E-state index in [-0.39, 0.29) is 17.3 Å². The lowest BCUT2D eigenvalue weighted by molar-refractivity contribution is 0.239. The first-order valence-electron chi connectivity index (χ1n) is 5.14. The number of hydrogen-bond acceptors (Lipinski definition) is 2. The molecule has 1 aromatic carbocycles. The van der Waals surface area contributed by atoms with Crippen molar-refractivity contribution in [2.24, 2.45) is 0 Å². The number of nitrogens with one attached hydrogen (secondary N) is 1. The molecule has 88 valence electrons. The van der Waals surface area contributed by atoms with E-state index in [1.165, 1.54) is 4.90 Å². The zero-order valence-electron chi connectivity index (χ0n) is 10.1. The van der Waals surface area contributed by atoms with Gasteiger partial charge in [0.1, 0.15) is 5.75 Å². The van der Waals surface area contributed by atoms with Crippen LogP contribution in [0.15, 0.2) is 24.3 Å². The zero-order valence-corrected chi connectivity index (χ0v) is 10.1. The van der Waals surface area contributed by atoms with Crippen molar-refractivity contribution in [1.29, 1.82) is 0 Å². The molecule has 2 N–H and O–H groups in total. The monoisotopic (exact) mass is 222 g/mol. The molecule has 1 aromatic rings. The first kappa shape index (κ1) is 12.4. The highest BCUT2D eigenvalue weighted by atomic mass is 16.3. The average Bonchev–Trinajstić information content (AvgIpc) is 2.15. The molecule has 0 aliphatic carbocycles. The van der Waals surface area contributed by atoms with Crippen LogP contribution in [0.3, 0.4) is 0 Å². The van der Waals surface area contributed by atoms with Crippen LogP contribution in [0, 0.1) is 0 Å². The molecule has 4 nitrogen and oxygen atoms in total. The smallest absolute Gasteiger partial charge is 0.322 e. The van der Waals surface area contributed by atoms with E-state index >= 15 is 0 Å². The van der Waals surface area contributed by atoms with Gasteiger partial charge in [-0.05, 0) is 45.0 Å².